The monoisotopic (exact) mass is 412 g/mol. The van der Waals surface area contributed by atoms with Crippen LogP contribution in [0.4, 0.5) is 43.9 Å². The lowest BCUT2D eigenvalue weighted by Gasteiger charge is -2.37. The number of hydrogen-bond donors (Lipinski definition) is 2. The molecule has 0 aliphatic carbocycles. The van der Waals surface area contributed by atoms with Crippen LogP contribution in [-0.4, -0.2) is 54.2 Å². The molecule has 0 aromatic heterocycles. The van der Waals surface area contributed by atoms with Gasteiger partial charge in [0, 0.05) is 0 Å². The second-order valence-corrected chi connectivity index (χ2v) is 6.99. The maximum absolute atomic E-state index is 13.4. The molecule has 0 saturated carbocycles. The van der Waals surface area contributed by atoms with Crippen molar-refractivity contribution in [2.24, 2.45) is 0 Å². The smallest absolute Gasteiger partial charge is 0.282 e. The standard InChI is InChI=1S/C5H2F10O6S2/c6-1(7,2(8,9)4(12,13)14)3(10,11)5(15,22(16,17)18)23(19,20)21/h(H,16,17,18)(H,19,20,21). The summed E-state index contributed by atoms with van der Waals surface area (Å²) in [5.74, 6) is -23.9. The summed E-state index contributed by atoms with van der Waals surface area (Å²) < 4.78 is 175. The average Bonchev–Trinajstić information content (AvgIpc) is 2.22. The molecule has 6 nitrogen and oxygen atoms in total. The normalized spacial score (nSPS) is 16.5. The lowest BCUT2D eigenvalue weighted by atomic mass is 10.0. The van der Waals surface area contributed by atoms with Crippen LogP contribution in [0.25, 0.3) is 0 Å². The molecular formula is C5H2F10O6S2. The van der Waals surface area contributed by atoms with Gasteiger partial charge < -0.3 is 0 Å². The molecule has 0 fully saturated rings. The zero-order valence-electron chi connectivity index (χ0n) is 9.62. The Balaban J connectivity index is 6.91. The molecule has 0 aromatic rings. The Kier molecular flexibility index (Phi) is 4.86. The molecule has 0 atom stereocenters. The van der Waals surface area contributed by atoms with Crippen molar-refractivity contribution >= 4 is 20.2 Å². The number of hydrogen-bond acceptors (Lipinski definition) is 4. The third-order valence-electron chi connectivity index (χ3n) is 2.18. The molecule has 0 unspecified atom stereocenters. The molecule has 0 heterocycles. The van der Waals surface area contributed by atoms with Crippen LogP contribution in [0.15, 0.2) is 0 Å². The minimum atomic E-state index is -8.07. The molecule has 0 spiro atoms. The zero-order chi connectivity index (χ0) is 19.5. The second-order valence-electron chi connectivity index (χ2n) is 3.71. The first-order chi connectivity index (χ1) is 9.50. The molecule has 0 aliphatic heterocycles. The molecule has 2 N–H and O–H groups in total. The molecule has 140 valence electrons. The van der Waals surface area contributed by atoms with E-state index in [4.69, 9.17) is 9.11 Å². The van der Waals surface area contributed by atoms with Crippen LogP contribution in [0.1, 0.15) is 0 Å². The first-order valence-corrected chi connectivity index (χ1v) is 7.21. The van der Waals surface area contributed by atoms with E-state index in [2.05, 4.69) is 0 Å². The fourth-order valence-electron chi connectivity index (χ4n) is 1.02. The van der Waals surface area contributed by atoms with Gasteiger partial charge in [-0.05, 0) is 0 Å². The Morgan fingerprint density at radius 1 is 0.522 bits per heavy atom. The summed E-state index contributed by atoms with van der Waals surface area (Å²) in [5, 5.41) is 0. The van der Waals surface area contributed by atoms with Gasteiger partial charge in [0.25, 0.3) is 0 Å². The second kappa shape index (κ2) is 5.06. The fourth-order valence-corrected chi connectivity index (χ4v) is 2.99. The summed E-state index contributed by atoms with van der Waals surface area (Å²) in [6.07, 6.45) is -7.53. The van der Waals surface area contributed by atoms with Gasteiger partial charge in [-0.2, -0.15) is 60.7 Å². The van der Waals surface area contributed by atoms with Crippen LogP contribution in [-0.2, 0) is 20.2 Å². The first-order valence-electron chi connectivity index (χ1n) is 4.33. The van der Waals surface area contributed by atoms with Gasteiger partial charge in [0.1, 0.15) is 0 Å². The fraction of sp³-hybridized carbons (Fsp3) is 1.00. The van der Waals surface area contributed by atoms with Crippen molar-refractivity contribution in [3.63, 3.8) is 0 Å². The van der Waals surface area contributed by atoms with E-state index in [0.29, 0.717) is 0 Å². The Labute approximate surface area is 119 Å². The molecule has 0 saturated heterocycles. The highest BCUT2D eigenvalue weighted by atomic mass is 32.3. The van der Waals surface area contributed by atoms with Gasteiger partial charge in [-0.1, -0.05) is 0 Å². The summed E-state index contributed by atoms with van der Waals surface area (Å²) in [6.45, 7) is 0. The first kappa shape index (κ1) is 22.1. The van der Waals surface area contributed by atoms with E-state index in [9.17, 15) is 60.7 Å². The summed E-state index contributed by atoms with van der Waals surface area (Å²) >= 11 is 0. The van der Waals surface area contributed by atoms with E-state index in [0.717, 1.165) is 0 Å². The van der Waals surface area contributed by atoms with Crippen molar-refractivity contribution in [1.82, 2.24) is 0 Å². The van der Waals surface area contributed by atoms with Crippen LogP contribution in [0.3, 0.4) is 0 Å². The minimum Gasteiger partial charge on any atom is -0.282 e. The van der Waals surface area contributed by atoms with Gasteiger partial charge in [0.05, 0.1) is 0 Å². The summed E-state index contributed by atoms with van der Waals surface area (Å²) in [6, 6.07) is 0. The maximum Gasteiger partial charge on any atom is 0.460 e. The van der Waals surface area contributed by atoms with Gasteiger partial charge in [0.15, 0.2) is 0 Å². The van der Waals surface area contributed by atoms with Gasteiger partial charge in [0.2, 0.25) is 0 Å². The van der Waals surface area contributed by atoms with E-state index >= 15 is 0 Å². The third kappa shape index (κ3) is 2.74. The lowest BCUT2D eigenvalue weighted by molar-refractivity contribution is -0.401. The van der Waals surface area contributed by atoms with Crippen molar-refractivity contribution < 1.29 is 69.8 Å². The van der Waals surface area contributed by atoms with Crippen molar-refractivity contribution in [3.05, 3.63) is 0 Å². The quantitative estimate of drug-likeness (QED) is 0.527. The van der Waals surface area contributed by atoms with Crippen LogP contribution < -0.4 is 0 Å². The van der Waals surface area contributed by atoms with Crippen LogP contribution in [0, 0.1) is 0 Å². The van der Waals surface area contributed by atoms with Crippen molar-refractivity contribution in [3.8, 4) is 0 Å². The van der Waals surface area contributed by atoms with Crippen molar-refractivity contribution in [2.75, 3.05) is 0 Å². The Hall–Kier alpha value is -0.880. The van der Waals surface area contributed by atoms with Crippen LogP contribution >= 0.6 is 0 Å². The van der Waals surface area contributed by atoms with Gasteiger partial charge in [-0.15, -0.1) is 0 Å². The summed E-state index contributed by atoms with van der Waals surface area (Å²) in [4.78, 5) is 0. The number of rotatable bonds is 5. The molecule has 0 amide bonds. The number of alkyl halides is 10. The van der Waals surface area contributed by atoms with E-state index in [-0.39, 0.29) is 0 Å². The Morgan fingerprint density at radius 2 is 0.783 bits per heavy atom. The minimum absolute atomic E-state index is 7.33. The highest BCUT2D eigenvalue weighted by Gasteiger charge is 2.91. The molecule has 0 bridgehead atoms. The Morgan fingerprint density at radius 3 is 0.957 bits per heavy atom. The summed E-state index contributed by atoms with van der Waals surface area (Å²) in [7, 11) is -15.4. The van der Waals surface area contributed by atoms with Crippen molar-refractivity contribution in [2.45, 2.75) is 28.3 Å². The molecule has 0 aromatic carbocycles. The topological polar surface area (TPSA) is 109 Å². The molecule has 0 radical (unpaired) electrons. The maximum atomic E-state index is 13.4. The number of halogens is 10. The molecule has 18 heteroatoms. The van der Waals surface area contributed by atoms with E-state index < -0.39 is 48.5 Å². The van der Waals surface area contributed by atoms with Crippen LogP contribution in [0.5, 0.6) is 0 Å². The van der Waals surface area contributed by atoms with Gasteiger partial charge in [-0.3, -0.25) is 9.11 Å². The largest absolute Gasteiger partial charge is 0.460 e. The summed E-state index contributed by atoms with van der Waals surface area (Å²) in [5.41, 5.74) is 0. The average molecular weight is 412 g/mol. The lowest BCUT2D eigenvalue weighted by Crippen LogP contribution is -2.71. The molecule has 23 heavy (non-hydrogen) atoms. The predicted molar refractivity (Wildman–Crippen MR) is 47.8 cm³/mol. The van der Waals surface area contributed by atoms with Crippen LogP contribution in [0.2, 0.25) is 0 Å². The molecule has 0 aliphatic rings. The van der Waals surface area contributed by atoms with E-state index in [1.54, 1.807) is 0 Å². The van der Waals surface area contributed by atoms with Gasteiger partial charge in [-0.25, -0.2) is 0 Å². The van der Waals surface area contributed by atoms with E-state index in [1.807, 2.05) is 0 Å². The Bertz CT molecular complexity index is 643. The highest BCUT2D eigenvalue weighted by Crippen LogP contribution is 2.58. The predicted octanol–water partition coefficient (Wildman–Crippen LogP) is 1.85. The highest BCUT2D eigenvalue weighted by molar-refractivity contribution is 8.05. The van der Waals surface area contributed by atoms with Gasteiger partial charge >= 0.3 is 48.5 Å². The molecular weight excluding hydrogens is 410 g/mol. The molecule has 0 rings (SSSR count). The third-order valence-corrected chi connectivity index (χ3v) is 5.29. The zero-order valence-corrected chi connectivity index (χ0v) is 11.3. The SMILES string of the molecule is O=S(=O)(O)C(F)(C(F)(F)C(F)(F)C(F)(F)C(F)(F)F)S(=O)(=O)O. The van der Waals surface area contributed by atoms with Crippen molar-refractivity contribution in [1.29, 1.82) is 0 Å². The van der Waals surface area contributed by atoms with E-state index in [1.165, 1.54) is 0 Å².